The van der Waals surface area contributed by atoms with Gasteiger partial charge in [-0.3, -0.25) is 14.6 Å². The van der Waals surface area contributed by atoms with Crippen molar-refractivity contribution >= 4 is 11.8 Å². The number of hydrogen-bond donors (Lipinski definition) is 1. The van der Waals surface area contributed by atoms with Crippen LogP contribution < -0.4 is 0 Å². The van der Waals surface area contributed by atoms with Crippen LogP contribution in [0.25, 0.3) is 0 Å². The number of rotatable bonds is 3. The number of pyridine rings is 1. The first-order valence-corrected chi connectivity index (χ1v) is 11.6. The summed E-state index contributed by atoms with van der Waals surface area (Å²) < 4.78 is 12.6. The standard InChI is InChI=1S/C26H31NO5/c1-15(29)32-26(3)12-20-23-17(11-19-21(30)9-16(14-28)10-22(19)31-23)6-7-25(20,2)24(26)18-5-4-8-27-13-18/h4-5,8,11,13,16,20,23-24,28H,6-7,9-10,12,14H2,1-3H3/t16?,20-,23+,24+,25-,26?/m0/s1. The molecule has 0 bridgehead atoms. The van der Waals surface area contributed by atoms with Gasteiger partial charge in [0.15, 0.2) is 5.78 Å². The summed E-state index contributed by atoms with van der Waals surface area (Å²) in [6.07, 6.45) is 8.99. The Morgan fingerprint density at radius 2 is 2.16 bits per heavy atom. The smallest absolute Gasteiger partial charge is 0.303 e. The maximum atomic E-state index is 12.7. The summed E-state index contributed by atoms with van der Waals surface area (Å²) >= 11 is 0. The molecule has 2 heterocycles. The summed E-state index contributed by atoms with van der Waals surface area (Å²) in [6.45, 7) is 5.79. The van der Waals surface area contributed by atoms with Gasteiger partial charge in [0.25, 0.3) is 0 Å². The van der Waals surface area contributed by atoms with Gasteiger partial charge in [-0.1, -0.05) is 13.0 Å². The van der Waals surface area contributed by atoms with Gasteiger partial charge >= 0.3 is 5.97 Å². The zero-order valence-corrected chi connectivity index (χ0v) is 19.0. The summed E-state index contributed by atoms with van der Waals surface area (Å²) in [5, 5.41) is 9.64. The van der Waals surface area contributed by atoms with Crippen LogP contribution in [0.15, 0.2) is 47.5 Å². The Bertz CT molecular complexity index is 1010. The lowest BCUT2D eigenvalue weighted by Gasteiger charge is -2.48. The number of aliphatic hydroxyl groups excluding tert-OH is 1. The number of aromatic nitrogens is 1. The average Bonchev–Trinajstić information content (AvgIpc) is 2.99. The number of aliphatic hydroxyl groups is 1. The first kappa shape index (κ1) is 21.4. The number of hydrogen-bond acceptors (Lipinski definition) is 6. The van der Waals surface area contributed by atoms with Gasteiger partial charge in [0.2, 0.25) is 0 Å². The highest BCUT2D eigenvalue weighted by Crippen LogP contribution is 2.66. The van der Waals surface area contributed by atoms with Crippen LogP contribution in [-0.2, 0) is 19.1 Å². The summed E-state index contributed by atoms with van der Waals surface area (Å²) in [5.41, 5.74) is 2.12. The lowest BCUT2D eigenvalue weighted by atomic mass is 9.60. The maximum Gasteiger partial charge on any atom is 0.303 e. The molecule has 6 atom stereocenters. The Labute approximate surface area is 188 Å². The molecule has 5 rings (SSSR count). The molecule has 0 amide bonds. The van der Waals surface area contributed by atoms with Crippen LogP contribution in [0.1, 0.15) is 64.4 Å². The third kappa shape index (κ3) is 3.22. The topological polar surface area (TPSA) is 85.7 Å². The van der Waals surface area contributed by atoms with Crippen LogP contribution >= 0.6 is 0 Å². The van der Waals surface area contributed by atoms with Crippen LogP contribution in [0.3, 0.4) is 0 Å². The number of ketones is 1. The van der Waals surface area contributed by atoms with Crippen molar-refractivity contribution in [3.8, 4) is 0 Å². The minimum atomic E-state index is -0.669. The van der Waals surface area contributed by atoms with E-state index in [0.29, 0.717) is 24.8 Å². The minimum Gasteiger partial charge on any atom is -0.489 e. The number of carbonyl (C=O) groups excluding carboxylic acids is 2. The summed E-state index contributed by atoms with van der Waals surface area (Å²) in [5.74, 6) is 0.556. The van der Waals surface area contributed by atoms with E-state index in [1.54, 1.807) is 6.20 Å². The Morgan fingerprint density at radius 3 is 2.84 bits per heavy atom. The van der Waals surface area contributed by atoms with Crippen molar-refractivity contribution in [2.45, 2.75) is 70.5 Å². The molecule has 3 aliphatic carbocycles. The molecule has 2 saturated carbocycles. The summed E-state index contributed by atoms with van der Waals surface area (Å²) in [7, 11) is 0. The van der Waals surface area contributed by atoms with Gasteiger partial charge in [0, 0.05) is 50.6 Å². The molecule has 0 spiro atoms. The van der Waals surface area contributed by atoms with E-state index in [4.69, 9.17) is 9.47 Å². The molecular weight excluding hydrogens is 406 g/mol. The fourth-order valence-electron chi connectivity index (χ4n) is 7.03. The van der Waals surface area contributed by atoms with Crippen LogP contribution in [0, 0.1) is 17.3 Å². The maximum absolute atomic E-state index is 12.7. The average molecular weight is 438 g/mol. The third-order valence-corrected chi connectivity index (χ3v) is 8.23. The molecule has 1 aromatic rings. The molecule has 2 fully saturated rings. The monoisotopic (exact) mass is 437 g/mol. The number of Topliss-reactive ketones (excluding diaryl/α,β-unsaturated/α-hetero) is 1. The molecular formula is C26H31NO5. The normalized spacial score (nSPS) is 38.2. The second-order valence-corrected chi connectivity index (χ2v) is 10.4. The van der Waals surface area contributed by atoms with Gasteiger partial charge in [-0.2, -0.15) is 0 Å². The van der Waals surface area contributed by atoms with Gasteiger partial charge in [0.05, 0.1) is 5.57 Å². The largest absolute Gasteiger partial charge is 0.489 e. The van der Waals surface area contributed by atoms with E-state index in [-0.39, 0.29) is 47.6 Å². The highest BCUT2D eigenvalue weighted by Gasteiger charge is 2.64. The van der Waals surface area contributed by atoms with E-state index in [1.165, 1.54) is 12.5 Å². The molecule has 6 nitrogen and oxygen atoms in total. The quantitative estimate of drug-likeness (QED) is 0.723. The Balaban J connectivity index is 1.54. The third-order valence-electron chi connectivity index (χ3n) is 8.23. The highest BCUT2D eigenvalue weighted by molar-refractivity contribution is 6.00. The van der Waals surface area contributed by atoms with Gasteiger partial charge in [-0.05, 0) is 60.8 Å². The highest BCUT2D eigenvalue weighted by atomic mass is 16.6. The van der Waals surface area contributed by atoms with Crippen molar-refractivity contribution in [2.24, 2.45) is 17.3 Å². The first-order valence-electron chi connectivity index (χ1n) is 11.6. The Kier molecular flexibility index (Phi) is 5.04. The van der Waals surface area contributed by atoms with Crippen molar-refractivity contribution < 1.29 is 24.2 Å². The molecule has 1 aliphatic heterocycles. The molecule has 0 saturated heterocycles. The van der Waals surface area contributed by atoms with E-state index in [2.05, 4.69) is 24.1 Å². The molecule has 2 unspecified atom stereocenters. The fourth-order valence-corrected chi connectivity index (χ4v) is 7.03. The SMILES string of the molecule is CC(=O)OC1(C)C[C@H]2[C@@H]3OC4=C(C=C3CC[C@]2(C)[C@H]1c1cccnc1)C(=O)CC(CO)C4. The van der Waals surface area contributed by atoms with E-state index in [9.17, 15) is 14.7 Å². The summed E-state index contributed by atoms with van der Waals surface area (Å²) in [6, 6.07) is 4.01. The fraction of sp³-hybridized carbons (Fsp3) is 0.577. The van der Waals surface area contributed by atoms with Gasteiger partial charge in [-0.15, -0.1) is 0 Å². The number of esters is 1. The molecule has 0 radical (unpaired) electrons. The van der Waals surface area contributed by atoms with E-state index in [1.807, 2.05) is 19.2 Å². The van der Waals surface area contributed by atoms with E-state index in [0.717, 1.165) is 24.2 Å². The van der Waals surface area contributed by atoms with Crippen LogP contribution in [-0.4, -0.2) is 40.2 Å². The first-order chi connectivity index (χ1) is 15.2. The zero-order valence-electron chi connectivity index (χ0n) is 19.0. The summed E-state index contributed by atoms with van der Waals surface area (Å²) in [4.78, 5) is 29.1. The van der Waals surface area contributed by atoms with Crippen LogP contribution in [0.4, 0.5) is 0 Å². The van der Waals surface area contributed by atoms with Crippen molar-refractivity contribution in [1.29, 1.82) is 0 Å². The van der Waals surface area contributed by atoms with Crippen molar-refractivity contribution in [2.75, 3.05) is 6.61 Å². The second kappa shape index (κ2) is 7.55. The predicted molar refractivity (Wildman–Crippen MR) is 117 cm³/mol. The zero-order chi connectivity index (χ0) is 22.7. The minimum absolute atomic E-state index is 0.00342. The number of allylic oxidation sites excluding steroid dienone is 3. The molecule has 32 heavy (non-hydrogen) atoms. The lowest BCUT2D eigenvalue weighted by Crippen LogP contribution is -2.44. The molecule has 4 aliphatic rings. The molecule has 6 heteroatoms. The van der Waals surface area contributed by atoms with Crippen molar-refractivity contribution in [3.05, 3.63) is 53.1 Å². The Morgan fingerprint density at radius 1 is 1.34 bits per heavy atom. The number of nitrogens with zero attached hydrogens (tertiary/aromatic N) is 1. The predicted octanol–water partition coefficient (Wildman–Crippen LogP) is 3.86. The van der Waals surface area contributed by atoms with Gasteiger partial charge < -0.3 is 14.6 Å². The van der Waals surface area contributed by atoms with Crippen LogP contribution in [0.5, 0.6) is 0 Å². The van der Waals surface area contributed by atoms with E-state index < -0.39 is 5.60 Å². The van der Waals surface area contributed by atoms with Gasteiger partial charge in [0.1, 0.15) is 17.5 Å². The van der Waals surface area contributed by atoms with E-state index >= 15 is 0 Å². The molecule has 1 N–H and O–H groups in total. The Hall–Kier alpha value is -2.47. The number of carbonyl (C=O) groups is 2. The molecule has 0 aromatic carbocycles. The second-order valence-electron chi connectivity index (χ2n) is 10.4. The molecule has 170 valence electrons. The van der Waals surface area contributed by atoms with Crippen molar-refractivity contribution in [1.82, 2.24) is 4.98 Å². The van der Waals surface area contributed by atoms with Crippen LogP contribution in [0.2, 0.25) is 0 Å². The van der Waals surface area contributed by atoms with Crippen molar-refractivity contribution in [3.63, 3.8) is 0 Å². The number of ether oxygens (including phenoxy) is 2. The molecule has 1 aromatic heterocycles. The lowest BCUT2D eigenvalue weighted by molar-refractivity contribution is -0.157. The number of fused-ring (bicyclic) bond motifs is 3. The van der Waals surface area contributed by atoms with Gasteiger partial charge in [-0.25, -0.2) is 0 Å².